The lowest BCUT2D eigenvalue weighted by Crippen LogP contribution is -2.53. The average Bonchev–Trinajstić information content (AvgIpc) is 2.67. The van der Waals surface area contributed by atoms with E-state index in [1.54, 1.807) is 12.4 Å². The molecule has 1 fully saturated rings. The van der Waals surface area contributed by atoms with Crippen LogP contribution in [-0.4, -0.2) is 47.1 Å². The minimum Gasteiger partial charge on any atom is -0.337 e. The van der Waals surface area contributed by atoms with E-state index in [9.17, 15) is 4.79 Å². The Kier molecular flexibility index (Phi) is 5.48. The first-order valence-corrected chi connectivity index (χ1v) is 8.77. The van der Waals surface area contributed by atoms with Gasteiger partial charge in [0.15, 0.2) is 0 Å². The van der Waals surface area contributed by atoms with Crippen molar-refractivity contribution < 1.29 is 4.79 Å². The van der Waals surface area contributed by atoms with Crippen molar-refractivity contribution in [1.82, 2.24) is 20.2 Å². The molecule has 6 nitrogen and oxygen atoms in total. The van der Waals surface area contributed by atoms with Crippen LogP contribution in [0.2, 0.25) is 0 Å². The number of amides is 2. The number of nitrogens with one attached hydrogen (secondary N) is 1. The van der Waals surface area contributed by atoms with Crippen molar-refractivity contribution in [2.24, 2.45) is 5.92 Å². The molecule has 0 spiro atoms. The second kappa shape index (κ2) is 7.96. The molecule has 1 unspecified atom stereocenters. The Bertz CT molecular complexity index is 669. The summed E-state index contributed by atoms with van der Waals surface area (Å²) in [5.41, 5.74) is 1.14. The molecular formula is C19H25N5O. The van der Waals surface area contributed by atoms with Crippen molar-refractivity contribution >= 4 is 12.0 Å². The molecule has 0 bridgehead atoms. The number of hydrogen-bond acceptors (Lipinski definition) is 4. The molecular weight excluding hydrogens is 314 g/mol. The van der Waals surface area contributed by atoms with Gasteiger partial charge in [0.05, 0.1) is 6.04 Å². The van der Waals surface area contributed by atoms with Crippen molar-refractivity contribution in [3.63, 3.8) is 0 Å². The van der Waals surface area contributed by atoms with Crippen LogP contribution in [-0.2, 0) is 0 Å². The standard InChI is InChI=1S/C19H25N5O/c1-15(2)17(16-7-4-3-5-8-16)22-19(25)24-13-11-23(12-14-24)18-20-9-6-10-21-18/h3-10,15,17H,11-14H2,1-2H3,(H,22,25). The van der Waals surface area contributed by atoms with E-state index >= 15 is 0 Å². The summed E-state index contributed by atoms with van der Waals surface area (Å²) in [5.74, 6) is 1.05. The molecule has 25 heavy (non-hydrogen) atoms. The van der Waals surface area contributed by atoms with E-state index in [0.717, 1.165) is 24.6 Å². The molecule has 2 heterocycles. The molecule has 1 aromatic heterocycles. The van der Waals surface area contributed by atoms with Crippen LogP contribution in [0.25, 0.3) is 0 Å². The second-order valence-corrected chi connectivity index (χ2v) is 6.60. The third-order valence-corrected chi connectivity index (χ3v) is 4.51. The van der Waals surface area contributed by atoms with Gasteiger partial charge in [-0.1, -0.05) is 44.2 Å². The van der Waals surface area contributed by atoms with Gasteiger partial charge in [-0.05, 0) is 17.5 Å². The molecule has 1 atom stereocenters. The van der Waals surface area contributed by atoms with Crippen LogP contribution in [0.4, 0.5) is 10.7 Å². The normalized spacial score (nSPS) is 16.0. The number of benzene rings is 1. The van der Waals surface area contributed by atoms with E-state index < -0.39 is 0 Å². The van der Waals surface area contributed by atoms with Crippen molar-refractivity contribution in [3.05, 3.63) is 54.4 Å². The highest BCUT2D eigenvalue weighted by Gasteiger charge is 2.25. The van der Waals surface area contributed by atoms with E-state index in [1.165, 1.54) is 0 Å². The second-order valence-electron chi connectivity index (χ2n) is 6.60. The number of hydrogen-bond donors (Lipinski definition) is 1. The fourth-order valence-electron chi connectivity index (χ4n) is 3.08. The zero-order valence-corrected chi connectivity index (χ0v) is 14.8. The third-order valence-electron chi connectivity index (χ3n) is 4.51. The summed E-state index contributed by atoms with van der Waals surface area (Å²) in [7, 11) is 0. The highest BCUT2D eigenvalue weighted by molar-refractivity contribution is 5.75. The molecule has 6 heteroatoms. The maximum Gasteiger partial charge on any atom is 0.318 e. The molecule has 1 aliphatic heterocycles. The van der Waals surface area contributed by atoms with Gasteiger partial charge in [0, 0.05) is 38.6 Å². The highest BCUT2D eigenvalue weighted by atomic mass is 16.2. The van der Waals surface area contributed by atoms with E-state index in [1.807, 2.05) is 29.2 Å². The van der Waals surface area contributed by atoms with Gasteiger partial charge < -0.3 is 15.1 Å². The average molecular weight is 339 g/mol. The summed E-state index contributed by atoms with van der Waals surface area (Å²) in [6.45, 7) is 7.09. The van der Waals surface area contributed by atoms with Gasteiger partial charge in [0.1, 0.15) is 0 Å². The smallest absolute Gasteiger partial charge is 0.318 e. The number of aromatic nitrogens is 2. The van der Waals surface area contributed by atoms with E-state index in [-0.39, 0.29) is 12.1 Å². The van der Waals surface area contributed by atoms with Crippen LogP contribution in [0.5, 0.6) is 0 Å². The SMILES string of the molecule is CC(C)C(NC(=O)N1CCN(c2ncccn2)CC1)c1ccccc1. The number of carbonyl (C=O) groups excluding carboxylic acids is 1. The van der Waals surface area contributed by atoms with Crippen LogP contribution in [0.1, 0.15) is 25.5 Å². The van der Waals surface area contributed by atoms with Crippen molar-refractivity contribution in [3.8, 4) is 0 Å². The first-order chi connectivity index (χ1) is 12.1. The maximum absolute atomic E-state index is 12.7. The van der Waals surface area contributed by atoms with Gasteiger partial charge in [-0.3, -0.25) is 0 Å². The summed E-state index contributed by atoms with van der Waals surface area (Å²) in [6.07, 6.45) is 3.49. The summed E-state index contributed by atoms with van der Waals surface area (Å²) in [6, 6.07) is 12.0. The maximum atomic E-state index is 12.7. The number of rotatable bonds is 4. The molecule has 0 radical (unpaired) electrons. The predicted octanol–water partition coefficient (Wildman–Crippen LogP) is 2.71. The zero-order chi connectivity index (χ0) is 17.6. The van der Waals surface area contributed by atoms with E-state index in [2.05, 4.69) is 46.2 Å². The summed E-state index contributed by atoms with van der Waals surface area (Å²) < 4.78 is 0. The fraction of sp³-hybridized carbons (Fsp3) is 0.421. The van der Waals surface area contributed by atoms with Gasteiger partial charge in [0.2, 0.25) is 5.95 Å². The molecule has 1 aliphatic rings. The third kappa shape index (κ3) is 4.26. The number of urea groups is 1. The van der Waals surface area contributed by atoms with Crippen molar-refractivity contribution in [2.45, 2.75) is 19.9 Å². The molecule has 0 saturated carbocycles. The molecule has 1 aromatic carbocycles. The zero-order valence-electron chi connectivity index (χ0n) is 14.8. The van der Waals surface area contributed by atoms with Gasteiger partial charge in [-0.25, -0.2) is 14.8 Å². The van der Waals surface area contributed by atoms with Gasteiger partial charge in [-0.2, -0.15) is 0 Å². The Hall–Kier alpha value is -2.63. The number of anilines is 1. The van der Waals surface area contributed by atoms with Crippen LogP contribution < -0.4 is 10.2 Å². The highest BCUT2D eigenvalue weighted by Crippen LogP contribution is 2.22. The largest absolute Gasteiger partial charge is 0.337 e. The Morgan fingerprint density at radius 3 is 2.24 bits per heavy atom. The molecule has 2 amide bonds. The summed E-state index contributed by atoms with van der Waals surface area (Å²) in [5, 5.41) is 3.19. The topological polar surface area (TPSA) is 61.4 Å². The monoisotopic (exact) mass is 339 g/mol. The van der Waals surface area contributed by atoms with Gasteiger partial charge >= 0.3 is 6.03 Å². The summed E-state index contributed by atoms with van der Waals surface area (Å²) in [4.78, 5) is 25.2. The minimum atomic E-state index is -0.00353. The lowest BCUT2D eigenvalue weighted by Gasteiger charge is -2.36. The molecule has 1 N–H and O–H groups in total. The van der Waals surface area contributed by atoms with Crippen LogP contribution >= 0.6 is 0 Å². The first kappa shape index (κ1) is 17.2. The number of carbonyl (C=O) groups is 1. The number of piperazine rings is 1. The molecule has 2 aromatic rings. The Balaban J connectivity index is 1.58. The van der Waals surface area contributed by atoms with Crippen LogP contribution in [0.15, 0.2) is 48.8 Å². The Labute approximate surface area is 148 Å². The Morgan fingerprint density at radius 1 is 1.00 bits per heavy atom. The summed E-state index contributed by atoms with van der Waals surface area (Å²) >= 11 is 0. The Morgan fingerprint density at radius 2 is 1.64 bits per heavy atom. The first-order valence-electron chi connectivity index (χ1n) is 8.77. The quantitative estimate of drug-likeness (QED) is 0.930. The van der Waals surface area contributed by atoms with E-state index in [4.69, 9.17) is 0 Å². The molecule has 132 valence electrons. The lowest BCUT2D eigenvalue weighted by atomic mass is 9.96. The van der Waals surface area contributed by atoms with Crippen molar-refractivity contribution in [1.29, 1.82) is 0 Å². The lowest BCUT2D eigenvalue weighted by molar-refractivity contribution is 0.186. The van der Waals surface area contributed by atoms with Crippen molar-refractivity contribution in [2.75, 3.05) is 31.1 Å². The molecule has 1 saturated heterocycles. The van der Waals surface area contributed by atoms with Crippen LogP contribution in [0, 0.1) is 5.92 Å². The van der Waals surface area contributed by atoms with Gasteiger partial charge in [-0.15, -0.1) is 0 Å². The molecule has 0 aliphatic carbocycles. The predicted molar refractivity (Wildman–Crippen MR) is 98.4 cm³/mol. The minimum absolute atomic E-state index is 0.00353. The molecule has 3 rings (SSSR count). The fourth-order valence-corrected chi connectivity index (χ4v) is 3.08. The van der Waals surface area contributed by atoms with Gasteiger partial charge in [0.25, 0.3) is 0 Å². The number of nitrogens with zero attached hydrogens (tertiary/aromatic N) is 4. The van der Waals surface area contributed by atoms with Crippen LogP contribution in [0.3, 0.4) is 0 Å². The van der Waals surface area contributed by atoms with E-state index in [0.29, 0.717) is 19.0 Å².